The van der Waals surface area contributed by atoms with Crippen molar-refractivity contribution in [2.45, 2.75) is 38.2 Å². The van der Waals surface area contributed by atoms with Crippen LogP contribution in [0.5, 0.6) is 11.5 Å². The standard InChI is InChI=1S/C25H24ClF2N3O4S.C4H10.C2H2/c1-30(25(33)34-16-17-5-3-2-4-6-17)11-12-31(15-23(29)32)36-20-13-21(27)24(22(28)14-20)35-19-9-7-18(26)8-10-19;1-3-4-2;1-2/h2-10,13-14H,11-12,15-16H2,1H3,(H2,29,32);3-4H2,1-2H3;1-2H. The van der Waals surface area contributed by atoms with Gasteiger partial charge in [0.05, 0.1) is 6.54 Å². The molecule has 0 aromatic heterocycles. The molecule has 7 nitrogen and oxygen atoms in total. The zero-order chi connectivity index (χ0) is 31.5. The lowest BCUT2D eigenvalue weighted by atomic mass is 10.2. The van der Waals surface area contributed by atoms with Gasteiger partial charge in [0, 0.05) is 30.1 Å². The van der Waals surface area contributed by atoms with E-state index in [2.05, 4.69) is 26.7 Å². The van der Waals surface area contributed by atoms with Crippen LogP contribution in [-0.4, -0.2) is 47.9 Å². The second-order valence-electron chi connectivity index (χ2n) is 8.65. The molecule has 3 aromatic carbocycles. The maximum absolute atomic E-state index is 14.6. The van der Waals surface area contributed by atoms with Crippen LogP contribution in [0, 0.1) is 24.5 Å². The molecule has 2 amide bonds. The Kier molecular flexibility index (Phi) is 17.4. The molecule has 0 unspecified atom stereocenters. The number of ether oxygens (including phenoxy) is 2. The van der Waals surface area contributed by atoms with Crippen LogP contribution in [-0.2, 0) is 16.1 Å². The van der Waals surface area contributed by atoms with Crippen molar-refractivity contribution in [2.24, 2.45) is 5.73 Å². The lowest BCUT2D eigenvalue weighted by molar-refractivity contribution is -0.118. The van der Waals surface area contributed by atoms with Gasteiger partial charge in [-0.15, -0.1) is 12.8 Å². The van der Waals surface area contributed by atoms with Crippen molar-refractivity contribution in [3.05, 3.63) is 89.0 Å². The Bertz CT molecular complexity index is 1240. The van der Waals surface area contributed by atoms with Gasteiger partial charge >= 0.3 is 6.09 Å². The quantitative estimate of drug-likeness (QED) is 0.167. The zero-order valence-electron chi connectivity index (χ0n) is 23.9. The van der Waals surface area contributed by atoms with Crippen molar-refractivity contribution >= 4 is 35.5 Å². The molecule has 0 heterocycles. The average Bonchev–Trinajstić information content (AvgIpc) is 2.98. The van der Waals surface area contributed by atoms with Crippen LogP contribution >= 0.6 is 23.5 Å². The van der Waals surface area contributed by atoms with Crippen molar-refractivity contribution in [1.82, 2.24) is 9.21 Å². The van der Waals surface area contributed by atoms with Crippen LogP contribution in [0.4, 0.5) is 13.6 Å². The molecule has 0 aliphatic rings. The topological polar surface area (TPSA) is 85.1 Å². The van der Waals surface area contributed by atoms with Gasteiger partial charge in [0.25, 0.3) is 0 Å². The van der Waals surface area contributed by atoms with Gasteiger partial charge in [-0.1, -0.05) is 68.6 Å². The molecule has 0 saturated carbocycles. The van der Waals surface area contributed by atoms with E-state index in [0.717, 1.165) is 29.6 Å². The largest absolute Gasteiger partial charge is 0.451 e. The fraction of sp³-hybridized carbons (Fsp3) is 0.290. The number of terminal acetylenes is 1. The van der Waals surface area contributed by atoms with Gasteiger partial charge in [-0.2, -0.15) is 0 Å². The molecule has 0 aliphatic heterocycles. The van der Waals surface area contributed by atoms with Gasteiger partial charge in [0.2, 0.25) is 5.91 Å². The Hall–Kier alpha value is -3.78. The van der Waals surface area contributed by atoms with E-state index in [-0.39, 0.29) is 36.9 Å². The highest BCUT2D eigenvalue weighted by molar-refractivity contribution is 7.97. The maximum Gasteiger partial charge on any atom is 0.409 e. The molecule has 42 heavy (non-hydrogen) atoms. The minimum absolute atomic E-state index is 0.118. The lowest BCUT2D eigenvalue weighted by Crippen LogP contribution is -2.37. The lowest BCUT2D eigenvalue weighted by Gasteiger charge is -2.23. The molecule has 2 N–H and O–H groups in total. The Morgan fingerprint density at radius 2 is 1.52 bits per heavy atom. The van der Waals surface area contributed by atoms with Crippen molar-refractivity contribution in [2.75, 3.05) is 26.7 Å². The molecule has 226 valence electrons. The van der Waals surface area contributed by atoms with E-state index in [4.69, 9.17) is 26.8 Å². The molecule has 0 fully saturated rings. The molecule has 0 radical (unpaired) electrons. The third-order valence-corrected chi connectivity index (χ3v) is 6.54. The number of hydrogen-bond donors (Lipinski definition) is 1. The molecule has 0 spiro atoms. The number of amides is 2. The minimum Gasteiger partial charge on any atom is -0.451 e. The number of benzene rings is 3. The summed E-state index contributed by atoms with van der Waals surface area (Å²) in [6, 6.07) is 17.4. The molecule has 0 saturated heterocycles. The number of carbonyl (C=O) groups excluding carboxylic acids is 2. The number of nitrogens with two attached hydrogens (primary N) is 1. The van der Waals surface area contributed by atoms with Gasteiger partial charge in [0.1, 0.15) is 12.4 Å². The van der Waals surface area contributed by atoms with Crippen LogP contribution < -0.4 is 10.5 Å². The Balaban J connectivity index is 0.00000135. The number of nitrogens with zero attached hydrogens (tertiary/aromatic N) is 2. The fourth-order valence-electron chi connectivity index (χ4n) is 2.97. The average molecular weight is 620 g/mol. The van der Waals surface area contributed by atoms with Crippen LogP contribution in [0.15, 0.2) is 71.6 Å². The summed E-state index contributed by atoms with van der Waals surface area (Å²) in [5, 5.41) is 0.458. The number of unbranched alkanes of at least 4 members (excludes halogenated alkanes) is 1. The van der Waals surface area contributed by atoms with Gasteiger partial charge < -0.3 is 20.1 Å². The summed E-state index contributed by atoms with van der Waals surface area (Å²) >= 11 is 6.74. The smallest absolute Gasteiger partial charge is 0.409 e. The Labute approximate surface area is 256 Å². The highest BCUT2D eigenvalue weighted by Crippen LogP contribution is 2.33. The summed E-state index contributed by atoms with van der Waals surface area (Å²) in [7, 11) is 1.54. The number of rotatable bonds is 12. The van der Waals surface area contributed by atoms with E-state index in [0.29, 0.717) is 5.02 Å². The first-order valence-electron chi connectivity index (χ1n) is 13.0. The van der Waals surface area contributed by atoms with E-state index >= 15 is 0 Å². The SMILES string of the molecule is C#C.CCCC.CN(CCN(CC(N)=O)Sc1cc(F)c(Oc2ccc(Cl)cc2)c(F)c1)C(=O)OCc1ccccc1. The van der Waals surface area contributed by atoms with Crippen LogP contribution in [0.3, 0.4) is 0 Å². The number of halogens is 3. The summed E-state index contributed by atoms with van der Waals surface area (Å²) in [5.41, 5.74) is 6.17. The van der Waals surface area contributed by atoms with E-state index in [1.807, 2.05) is 30.3 Å². The third-order valence-electron chi connectivity index (χ3n) is 5.27. The van der Waals surface area contributed by atoms with E-state index in [1.54, 1.807) is 7.05 Å². The molecule has 3 aromatic rings. The minimum atomic E-state index is -0.923. The van der Waals surface area contributed by atoms with Gasteiger partial charge in [-0.05, 0) is 53.9 Å². The fourth-order valence-corrected chi connectivity index (χ4v) is 4.07. The molecule has 11 heteroatoms. The summed E-state index contributed by atoms with van der Waals surface area (Å²) in [4.78, 5) is 25.3. The second kappa shape index (κ2) is 20.2. The first-order valence-corrected chi connectivity index (χ1v) is 14.2. The molecular weight excluding hydrogens is 584 g/mol. The number of hydrogen-bond acceptors (Lipinski definition) is 6. The molecular formula is C31H36ClF2N3O4S. The van der Waals surface area contributed by atoms with Gasteiger partial charge in [0.15, 0.2) is 17.4 Å². The monoisotopic (exact) mass is 619 g/mol. The summed E-state index contributed by atoms with van der Waals surface area (Å²) in [6.07, 6.45) is 10.1. The molecule has 0 aliphatic carbocycles. The third kappa shape index (κ3) is 13.7. The first kappa shape index (κ1) is 36.2. The molecule has 0 bridgehead atoms. The first-order chi connectivity index (χ1) is 20.1. The normalized spacial score (nSPS) is 10.0. The summed E-state index contributed by atoms with van der Waals surface area (Å²) in [6.45, 7) is 4.63. The van der Waals surface area contributed by atoms with Crippen LogP contribution in [0.25, 0.3) is 0 Å². The molecule has 0 atom stereocenters. The number of carbonyl (C=O) groups is 2. The van der Waals surface area contributed by atoms with E-state index in [9.17, 15) is 18.4 Å². The van der Waals surface area contributed by atoms with Crippen molar-refractivity contribution in [1.29, 1.82) is 0 Å². The van der Waals surface area contributed by atoms with Crippen LogP contribution in [0.1, 0.15) is 32.3 Å². The van der Waals surface area contributed by atoms with Crippen molar-refractivity contribution < 1.29 is 27.8 Å². The zero-order valence-corrected chi connectivity index (χ0v) is 25.5. The van der Waals surface area contributed by atoms with Crippen molar-refractivity contribution in [3.63, 3.8) is 0 Å². The van der Waals surface area contributed by atoms with Crippen LogP contribution in [0.2, 0.25) is 5.02 Å². The van der Waals surface area contributed by atoms with Gasteiger partial charge in [-0.25, -0.2) is 17.9 Å². The van der Waals surface area contributed by atoms with Crippen molar-refractivity contribution in [3.8, 4) is 24.3 Å². The summed E-state index contributed by atoms with van der Waals surface area (Å²) in [5.74, 6) is -2.83. The maximum atomic E-state index is 14.6. The second-order valence-corrected chi connectivity index (χ2v) is 10.3. The summed E-state index contributed by atoms with van der Waals surface area (Å²) < 4.78 is 41.4. The molecule has 3 rings (SSSR count). The Morgan fingerprint density at radius 1 is 0.952 bits per heavy atom. The highest BCUT2D eigenvalue weighted by atomic mass is 35.5. The predicted molar refractivity (Wildman–Crippen MR) is 164 cm³/mol. The number of primary amides is 1. The van der Waals surface area contributed by atoms with E-state index in [1.165, 1.54) is 46.3 Å². The van der Waals surface area contributed by atoms with E-state index < -0.39 is 29.4 Å². The number of likely N-dealkylation sites (N-methyl/N-ethyl adjacent to an activating group) is 1. The highest BCUT2D eigenvalue weighted by Gasteiger charge is 2.19. The Morgan fingerprint density at radius 3 is 2.05 bits per heavy atom. The predicted octanol–water partition coefficient (Wildman–Crippen LogP) is 7.53. The van der Waals surface area contributed by atoms with Gasteiger partial charge in [-0.3, -0.25) is 4.79 Å².